The van der Waals surface area contributed by atoms with Crippen molar-refractivity contribution in [3.63, 3.8) is 0 Å². The number of rotatable bonds is 1. The molecule has 70 valence electrons. The number of nitrogens with two attached hydrogens (primary N) is 1. The molecule has 0 fully saturated rings. The minimum absolute atomic E-state index is 0.358. The Morgan fingerprint density at radius 2 is 2.15 bits per heavy atom. The molecule has 0 saturated carbocycles. The zero-order valence-corrected chi connectivity index (χ0v) is 8.71. The van der Waals surface area contributed by atoms with Crippen molar-refractivity contribution in [2.75, 3.05) is 0 Å². The van der Waals surface area contributed by atoms with Crippen molar-refractivity contribution in [3.05, 3.63) is 22.2 Å². The number of halogens is 2. The first-order chi connectivity index (χ1) is 6.00. The van der Waals surface area contributed by atoms with E-state index in [0.717, 1.165) is 0 Å². The van der Waals surface area contributed by atoms with Crippen molar-refractivity contribution < 1.29 is 4.79 Å². The molecule has 1 atom stereocenters. The fourth-order valence-electron chi connectivity index (χ4n) is 0.894. The van der Waals surface area contributed by atoms with Gasteiger partial charge >= 0.3 is 6.03 Å². The van der Waals surface area contributed by atoms with Crippen LogP contribution in [0, 0.1) is 0 Å². The molecule has 0 saturated heterocycles. The lowest BCUT2D eigenvalue weighted by molar-refractivity contribution is 0.248. The quantitative estimate of drug-likeness (QED) is 0.681. The highest BCUT2D eigenvalue weighted by molar-refractivity contribution is 7.81. The smallest absolute Gasteiger partial charge is 0.312 e. The summed E-state index contributed by atoms with van der Waals surface area (Å²) in [6, 6.07) is -1.21. The summed E-state index contributed by atoms with van der Waals surface area (Å²) in [7, 11) is 0. The van der Waals surface area contributed by atoms with E-state index in [-0.39, 0.29) is 0 Å². The highest BCUT2D eigenvalue weighted by atomic mass is 35.5. The minimum atomic E-state index is -0.676. The third kappa shape index (κ3) is 2.69. The molecule has 1 aliphatic rings. The molecule has 0 aromatic rings. The molecule has 13 heavy (non-hydrogen) atoms. The molecule has 3 N–H and O–H groups in total. The average Bonchev–Trinajstić information content (AvgIpc) is 1.96. The Morgan fingerprint density at radius 1 is 1.54 bits per heavy atom. The van der Waals surface area contributed by atoms with Gasteiger partial charge in [-0.05, 0) is 12.2 Å². The Balaban J connectivity index is 2.84. The number of urea groups is 1. The fraction of sp³-hybridized carbons (Fsp3) is 0.143. The van der Waals surface area contributed by atoms with E-state index < -0.39 is 12.1 Å². The van der Waals surface area contributed by atoms with Gasteiger partial charge in [0.05, 0.1) is 0 Å². The van der Waals surface area contributed by atoms with Crippen molar-refractivity contribution in [1.82, 2.24) is 5.32 Å². The third-order valence-corrected chi connectivity index (χ3v) is 2.30. The molecule has 0 radical (unpaired) electrons. The van der Waals surface area contributed by atoms with Crippen LogP contribution in [0.1, 0.15) is 0 Å². The molecule has 1 unspecified atom stereocenters. The lowest BCUT2D eigenvalue weighted by atomic mass is 10.1. The number of hydrogen-bond donors (Lipinski definition) is 2. The largest absolute Gasteiger partial charge is 0.352 e. The molecular formula is C7H6Cl2N2OS. The van der Waals surface area contributed by atoms with Crippen LogP contribution in [0.3, 0.4) is 0 Å². The van der Waals surface area contributed by atoms with E-state index in [1.54, 1.807) is 6.08 Å². The molecule has 1 aliphatic carbocycles. The van der Waals surface area contributed by atoms with Crippen molar-refractivity contribution in [1.29, 1.82) is 0 Å². The number of primary amides is 1. The predicted molar refractivity (Wildman–Crippen MR) is 57.0 cm³/mol. The van der Waals surface area contributed by atoms with Gasteiger partial charge in [-0.25, -0.2) is 4.79 Å². The number of hydrogen-bond acceptors (Lipinski definition) is 2. The van der Waals surface area contributed by atoms with Crippen molar-refractivity contribution in [3.8, 4) is 0 Å². The first kappa shape index (κ1) is 10.5. The summed E-state index contributed by atoms with van der Waals surface area (Å²) >= 11 is 16.4. The number of amides is 2. The predicted octanol–water partition coefficient (Wildman–Crippen LogP) is 1.65. The summed E-state index contributed by atoms with van der Waals surface area (Å²) in [6.07, 6.45) is 3.06. The first-order valence-corrected chi connectivity index (χ1v) is 4.51. The van der Waals surface area contributed by atoms with Gasteiger partial charge in [0.2, 0.25) is 0 Å². The van der Waals surface area contributed by atoms with Crippen LogP contribution >= 0.6 is 35.4 Å². The highest BCUT2D eigenvalue weighted by Crippen LogP contribution is 2.21. The molecule has 0 aromatic carbocycles. The Kier molecular flexibility index (Phi) is 3.30. The summed E-state index contributed by atoms with van der Waals surface area (Å²) < 4.78 is 0. The number of carbonyl (C=O) groups excluding carboxylic acids is 1. The van der Waals surface area contributed by atoms with Gasteiger partial charge < -0.3 is 11.1 Å². The van der Waals surface area contributed by atoms with E-state index >= 15 is 0 Å². The number of thiocarbonyl (C=S) groups is 1. The van der Waals surface area contributed by atoms with Crippen molar-refractivity contribution in [2.45, 2.75) is 6.04 Å². The lowest BCUT2D eigenvalue weighted by Gasteiger charge is -2.19. The van der Waals surface area contributed by atoms with Crippen LogP contribution in [0.2, 0.25) is 0 Å². The standard InChI is InChI=1S/C7H6Cl2N2OS/c8-3-1-4(9)6(5(13)2-3)11-7(10)12/h1-2,6H,(H3,10,11,12). The summed E-state index contributed by atoms with van der Waals surface area (Å²) in [5.41, 5.74) is 4.93. The molecule has 0 bridgehead atoms. The minimum Gasteiger partial charge on any atom is -0.352 e. The maximum Gasteiger partial charge on any atom is 0.312 e. The molecule has 2 amide bonds. The Hall–Kier alpha value is -0.580. The summed E-state index contributed by atoms with van der Waals surface area (Å²) in [4.78, 5) is 11.0. The van der Waals surface area contributed by atoms with E-state index in [1.807, 2.05) is 0 Å². The van der Waals surface area contributed by atoms with Gasteiger partial charge in [-0.3, -0.25) is 0 Å². The highest BCUT2D eigenvalue weighted by Gasteiger charge is 2.21. The van der Waals surface area contributed by atoms with E-state index in [2.05, 4.69) is 5.32 Å². The van der Waals surface area contributed by atoms with Crippen LogP contribution < -0.4 is 11.1 Å². The molecule has 3 nitrogen and oxygen atoms in total. The molecule has 1 rings (SSSR count). The zero-order chi connectivity index (χ0) is 10.0. The monoisotopic (exact) mass is 236 g/mol. The summed E-state index contributed by atoms with van der Waals surface area (Å²) in [5.74, 6) is 0. The summed E-state index contributed by atoms with van der Waals surface area (Å²) in [6.45, 7) is 0. The first-order valence-electron chi connectivity index (χ1n) is 3.35. The molecule has 0 heterocycles. The molecule has 0 aliphatic heterocycles. The second kappa shape index (κ2) is 4.09. The zero-order valence-electron chi connectivity index (χ0n) is 6.38. The van der Waals surface area contributed by atoms with Gasteiger partial charge in [0.25, 0.3) is 0 Å². The van der Waals surface area contributed by atoms with E-state index in [4.69, 9.17) is 41.2 Å². The van der Waals surface area contributed by atoms with E-state index in [1.165, 1.54) is 6.08 Å². The Morgan fingerprint density at radius 3 is 2.62 bits per heavy atom. The van der Waals surface area contributed by atoms with Gasteiger partial charge in [0, 0.05) is 14.9 Å². The maximum atomic E-state index is 10.6. The molecule has 0 aromatic heterocycles. The SMILES string of the molecule is NC(=O)NC1C(=S)C=C(Cl)C=C1Cl. The Labute approximate surface area is 90.6 Å². The number of carbonyl (C=O) groups is 1. The average molecular weight is 237 g/mol. The van der Waals surface area contributed by atoms with Gasteiger partial charge in [-0.2, -0.15) is 0 Å². The second-order valence-corrected chi connectivity index (χ2v) is 3.75. The van der Waals surface area contributed by atoms with E-state index in [9.17, 15) is 4.79 Å². The topological polar surface area (TPSA) is 55.1 Å². The third-order valence-electron chi connectivity index (χ3n) is 1.40. The normalized spacial score (nSPS) is 22.0. The van der Waals surface area contributed by atoms with Crippen LogP contribution in [0.15, 0.2) is 22.2 Å². The molecular weight excluding hydrogens is 231 g/mol. The van der Waals surface area contributed by atoms with Gasteiger partial charge in [-0.15, -0.1) is 0 Å². The molecule has 0 spiro atoms. The van der Waals surface area contributed by atoms with Crippen molar-refractivity contribution in [2.24, 2.45) is 5.73 Å². The number of allylic oxidation sites excluding steroid dienone is 2. The van der Waals surface area contributed by atoms with E-state index in [0.29, 0.717) is 14.9 Å². The summed E-state index contributed by atoms with van der Waals surface area (Å²) in [5, 5.41) is 3.20. The number of nitrogens with one attached hydrogen (secondary N) is 1. The van der Waals surface area contributed by atoms with Crippen LogP contribution in [0.25, 0.3) is 0 Å². The van der Waals surface area contributed by atoms with Gasteiger partial charge in [-0.1, -0.05) is 35.4 Å². The lowest BCUT2D eigenvalue weighted by Crippen LogP contribution is -2.43. The van der Waals surface area contributed by atoms with Crippen LogP contribution in [-0.4, -0.2) is 16.9 Å². The van der Waals surface area contributed by atoms with Crippen molar-refractivity contribution >= 4 is 46.3 Å². The van der Waals surface area contributed by atoms with Crippen LogP contribution in [-0.2, 0) is 0 Å². The van der Waals surface area contributed by atoms with Crippen LogP contribution in [0.5, 0.6) is 0 Å². The second-order valence-electron chi connectivity index (χ2n) is 2.40. The molecule has 6 heteroatoms. The fourth-order valence-corrected chi connectivity index (χ4v) is 1.92. The van der Waals surface area contributed by atoms with Gasteiger partial charge in [0.15, 0.2) is 0 Å². The Bertz CT molecular complexity index is 324. The maximum absolute atomic E-state index is 10.6. The van der Waals surface area contributed by atoms with Gasteiger partial charge in [0.1, 0.15) is 6.04 Å². The van der Waals surface area contributed by atoms with Crippen LogP contribution in [0.4, 0.5) is 4.79 Å².